The van der Waals surface area contributed by atoms with Gasteiger partial charge in [0.1, 0.15) is 11.5 Å². The standard InChI is InChI=1S/C6H9O3S3/c7-1-4(10)6(11)5(2-8)12-3-9/h7-9H,1-3H2/q+1. The van der Waals surface area contributed by atoms with Crippen molar-refractivity contribution in [1.29, 1.82) is 0 Å². The highest BCUT2D eigenvalue weighted by molar-refractivity contribution is 7.94. The first-order chi connectivity index (χ1) is 5.67. The Hall–Kier alpha value is 0.150. The van der Waals surface area contributed by atoms with E-state index in [0.29, 0.717) is 4.86 Å². The second kappa shape index (κ2) is 6.64. The van der Waals surface area contributed by atoms with E-state index in [4.69, 9.17) is 39.8 Å². The molecule has 0 aromatic carbocycles. The molecule has 0 bridgehead atoms. The Morgan fingerprint density at radius 1 is 1.08 bits per heavy atom. The van der Waals surface area contributed by atoms with Gasteiger partial charge in [0.2, 0.25) is 16.2 Å². The van der Waals surface area contributed by atoms with Crippen molar-refractivity contribution in [1.82, 2.24) is 0 Å². The highest BCUT2D eigenvalue weighted by Crippen LogP contribution is 1.89. The van der Waals surface area contributed by atoms with Gasteiger partial charge >= 0.3 is 0 Å². The van der Waals surface area contributed by atoms with Crippen LogP contribution in [-0.2, 0) is 11.4 Å². The van der Waals surface area contributed by atoms with Crippen molar-refractivity contribution in [3.05, 3.63) is 0 Å². The lowest BCUT2D eigenvalue weighted by Crippen LogP contribution is -2.26. The van der Waals surface area contributed by atoms with E-state index >= 15 is 0 Å². The monoisotopic (exact) mass is 225 g/mol. The lowest BCUT2D eigenvalue weighted by Gasteiger charge is -1.95. The fourth-order valence-electron chi connectivity index (χ4n) is 0.488. The van der Waals surface area contributed by atoms with Gasteiger partial charge in [-0.1, -0.05) is 24.4 Å². The van der Waals surface area contributed by atoms with Crippen LogP contribution in [0.3, 0.4) is 0 Å². The van der Waals surface area contributed by atoms with Gasteiger partial charge in [0, 0.05) is 0 Å². The van der Waals surface area contributed by atoms with Crippen LogP contribution in [0.2, 0.25) is 0 Å². The first kappa shape index (κ1) is 12.2. The highest BCUT2D eigenvalue weighted by atomic mass is 32.1. The van der Waals surface area contributed by atoms with Crippen molar-refractivity contribution in [3.63, 3.8) is 0 Å². The zero-order chi connectivity index (χ0) is 9.56. The van der Waals surface area contributed by atoms with Crippen LogP contribution in [0, 0.1) is 0 Å². The quantitative estimate of drug-likeness (QED) is 0.315. The molecule has 0 amide bonds. The summed E-state index contributed by atoms with van der Waals surface area (Å²) < 4.78 is 0. The van der Waals surface area contributed by atoms with Crippen LogP contribution in [0.25, 0.3) is 0 Å². The van der Waals surface area contributed by atoms with Crippen LogP contribution in [0.4, 0.5) is 0 Å². The van der Waals surface area contributed by atoms with E-state index in [0.717, 1.165) is 11.4 Å². The van der Waals surface area contributed by atoms with E-state index in [1.807, 2.05) is 0 Å². The van der Waals surface area contributed by atoms with E-state index in [1.165, 1.54) is 0 Å². The molecular formula is C6H9O3S3+. The summed E-state index contributed by atoms with van der Waals surface area (Å²) in [5, 5.41) is 25.9. The largest absolute Gasteiger partial charge is 0.391 e. The molecule has 0 radical (unpaired) electrons. The maximum Gasteiger partial charge on any atom is 0.274 e. The fraction of sp³-hybridized carbons (Fsp3) is 0.500. The number of hydrogen-bond donors (Lipinski definition) is 3. The van der Waals surface area contributed by atoms with E-state index in [2.05, 4.69) is 0 Å². The molecule has 6 heteroatoms. The Labute approximate surface area is 85.0 Å². The van der Waals surface area contributed by atoms with Crippen LogP contribution in [0.15, 0.2) is 0 Å². The summed E-state index contributed by atoms with van der Waals surface area (Å²) >= 11 is 10.6. The van der Waals surface area contributed by atoms with Crippen molar-refractivity contribution in [3.8, 4) is 0 Å². The Bertz CT molecular complexity index is 212. The Morgan fingerprint density at radius 2 is 1.67 bits per heavy atom. The number of aliphatic hydroxyl groups is 3. The lowest BCUT2D eigenvalue weighted by atomic mass is 10.2. The minimum Gasteiger partial charge on any atom is -0.391 e. The van der Waals surface area contributed by atoms with Crippen LogP contribution in [0.1, 0.15) is 0 Å². The molecule has 0 rings (SSSR count). The first-order valence-electron chi connectivity index (χ1n) is 3.06. The van der Waals surface area contributed by atoms with Gasteiger partial charge in [0.05, 0.1) is 11.5 Å². The maximum atomic E-state index is 8.77. The molecule has 0 unspecified atom stereocenters. The zero-order valence-electron chi connectivity index (χ0n) is 6.19. The van der Waals surface area contributed by atoms with Gasteiger partial charge in [0.25, 0.3) is 5.94 Å². The van der Waals surface area contributed by atoms with E-state index in [-0.39, 0.29) is 28.9 Å². The third-order valence-electron chi connectivity index (χ3n) is 1.03. The molecule has 3 N–H and O–H groups in total. The minimum atomic E-state index is -0.302. The maximum absolute atomic E-state index is 8.77. The normalized spacial score (nSPS) is 11.4. The van der Waals surface area contributed by atoms with Crippen LogP contribution in [0.5, 0.6) is 0 Å². The molecule has 0 aromatic rings. The van der Waals surface area contributed by atoms with Crippen LogP contribution in [-0.4, -0.2) is 49.1 Å². The Morgan fingerprint density at radius 3 is 2.00 bits per heavy atom. The minimum absolute atomic E-state index is 0.163. The molecule has 0 aliphatic rings. The third kappa shape index (κ3) is 3.70. The molecular weight excluding hydrogens is 216 g/mol. The second-order valence-corrected chi connectivity index (χ2v) is 3.71. The molecule has 0 saturated carbocycles. The SMILES string of the molecule is OC[S+]=C(CO)C(=S)C(=S)CO. The summed E-state index contributed by atoms with van der Waals surface area (Å²) in [4.78, 5) is 0.899. The molecule has 0 heterocycles. The summed E-state index contributed by atoms with van der Waals surface area (Å²) in [6.45, 7) is -0.562. The van der Waals surface area contributed by atoms with Crippen molar-refractivity contribution in [2.45, 2.75) is 0 Å². The number of aliphatic hydroxyl groups excluding tert-OH is 3. The third-order valence-corrected chi connectivity index (χ3v) is 2.93. The van der Waals surface area contributed by atoms with Gasteiger partial charge in [-0.25, -0.2) is 0 Å². The Kier molecular flexibility index (Phi) is 6.73. The predicted molar refractivity (Wildman–Crippen MR) is 58.8 cm³/mol. The van der Waals surface area contributed by atoms with Crippen molar-refractivity contribution in [2.24, 2.45) is 0 Å². The Balaban J connectivity index is 4.43. The van der Waals surface area contributed by atoms with Crippen molar-refractivity contribution >= 4 is 50.4 Å². The molecule has 0 fully saturated rings. The first-order valence-corrected chi connectivity index (χ1v) is 4.86. The summed E-state index contributed by atoms with van der Waals surface area (Å²) in [7, 11) is 0. The van der Waals surface area contributed by atoms with Crippen molar-refractivity contribution < 1.29 is 15.3 Å². The van der Waals surface area contributed by atoms with Crippen LogP contribution >= 0.6 is 24.4 Å². The molecule has 0 aromatic heterocycles. The lowest BCUT2D eigenvalue weighted by molar-refractivity contribution is 0.359. The summed E-state index contributed by atoms with van der Waals surface area (Å²) in [6.07, 6.45) is 0. The van der Waals surface area contributed by atoms with Crippen LogP contribution < -0.4 is 0 Å². The molecule has 0 saturated heterocycles. The van der Waals surface area contributed by atoms with E-state index in [9.17, 15) is 0 Å². The smallest absolute Gasteiger partial charge is 0.274 e. The topological polar surface area (TPSA) is 60.7 Å². The molecule has 0 aliphatic carbocycles. The van der Waals surface area contributed by atoms with Gasteiger partial charge in [-0.15, -0.1) is 0 Å². The highest BCUT2D eigenvalue weighted by Gasteiger charge is 2.18. The molecule has 12 heavy (non-hydrogen) atoms. The van der Waals surface area contributed by atoms with Crippen molar-refractivity contribution in [2.75, 3.05) is 19.2 Å². The number of rotatable bonds is 5. The average molecular weight is 225 g/mol. The summed E-state index contributed by atoms with van der Waals surface area (Å²) in [5.74, 6) is -0.163. The molecule has 0 spiro atoms. The summed E-state index contributed by atoms with van der Waals surface area (Å²) in [5.41, 5.74) is 0. The van der Waals surface area contributed by atoms with Gasteiger partial charge in [0.15, 0.2) is 0 Å². The van der Waals surface area contributed by atoms with Gasteiger partial charge in [-0.3, -0.25) is 0 Å². The van der Waals surface area contributed by atoms with Gasteiger partial charge in [-0.05, 0) is 0 Å². The summed E-state index contributed by atoms with van der Waals surface area (Å²) in [6, 6.07) is 0. The number of thiocarbonyl (C=S) groups is 2. The molecule has 0 atom stereocenters. The number of hydrogen-bond acceptors (Lipinski definition) is 5. The average Bonchev–Trinajstić information content (AvgIpc) is 2.11. The van der Waals surface area contributed by atoms with E-state index in [1.54, 1.807) is 0 Å². The molecule has 3 nitrogen and oxygen atoms in total. The fourth-order valence-corrected chi connectivity index (χ4v) is 1.48. The zero-order valence-corrected chi connectivity index (χ0v) is 8.64. The van der Waals surface area contributed by atoms with E-state index < -0.39 is 0 Å². The van der Waals surface area contributed by atoms with Gasteiger partial charge in [-0.2, -0.15) is 0 Å². The van der Waals surface area contributed by atoms with Gasteiger partial charge < -0.3 is 15.3 Å². The molecule has 0 aliphatic heterocycles. The molecule has 68 valence electrons. The predicted octanol–water partition coefficient (Wildman–Crippen LogP) is -1.08. The second-order valence-electron chi connectivity index (χ2n) is 1.77.